The van der Waals surface area contributed by atoms with E-state index in [1.807, 2.05) is 35.9 Å². The number of nitrogen functional groups attached to an aromatic ring is 1. The zero-order valence-electron chi connectivity index (χ0n) is 44.0. The second kappa shape index (κ2) is 24.0. The lowest BCUT2D eigenvalue weighted by Gasteiger charge is -2.35. The number of carbonyl (C=O) groups is 4. The van der Waals surface area contributed by atoms with Crippen molar-refractivity contribution < 1.29 is 55.3 Å². The van der Waals surface area contributed by atoms with E-state index in [2.05, 4.69) is 25.6 Å². The molecule has 3 aromatic carbocycles. The van der Waals surface area contributed by atoms with Crippen molar-refractivity contribution in [3.63, 3.8) is 0 Å². The van der Waals surface area contributed by atoms with Crippen molar-refractivity contribution in [1.82, 2.24) is 40.3 Å². The van der Waals surface area contributed by atoms with E-state index in [-0.39, 0.29) is 61.2 Å². The maximum absolute atomic E-state index is 14.1. The average molecular weight is 1130 g/mol. The van der Waals surface area contributed by atoms with Gasteiger partial charge in [0.2, 0.25) is 17.7 Å². The molecular formula is C55H59F3N10O9S2. The number of hydrogen-bond donors (Lipinski definition) is 5. The number of amides is 3. The number of β-amino-alcohol motifs (C(OH)–C–C–N with tert-alkyl or cyclic N) is 1. The first-order valence-corrected chi connectivity index (χ1v) is 27.6. The van der Waals surface area contributed by atoms with Crippen molar-refractivity contribution in [3.8, 4) is 38.6 Å². The van der Waals surface area contributed by atoms with Gasteiger partial charge in [0.25, 0.3) is 10.0 Å². The Hall–Kier alpha value is -7.96. The fourth-order valence-corrected chi connectivity index (χ4v) is 10.5. The van der Waals surface area contributed by atoms with Gasteiger partial charge >= 0.3 is 11.7 Å². The number of sulfonamides is 1. The third-order valence-corrected chi connectivity index (χ3v) is 15.3. The first-order valence-electron chi connectivity index (χ1n) is 25.1. The molecule has 0 saturated carbocycles. The van der Waals surface area contributed by atoms with Crippen LogP contribution in [0.2, 0.25) is 0 Å². The van der Waals surface area contributed by atoms with Gasteiger partial charge in [-0.25, -0.2) is 32.6 Å². The largest absolute Gasteiger partial charge is 0.484 e. The molecule has 24 heteroatoms. The van der Waals surface area contributed by atoms with Gasteiger partial charge in [-0.1, -0.05) is 69.3 Å². The zero-order chi connectivity index (χ0) is 56.9. The molecule has 1 unspecified atom stereocenters. The molecule has 0 radical (unpaired) electrons. The molecule has 79 heavy (non-hydrogen) atoms. The maximum atomic E-state index is 14.1. The highest BCUT2D eigenvalue weighted by molar-refractivity contribution is 7.93. The van der Waals surface area contributed by atoms with E-state index in [0.29, 0.717) is 46.0 Å². The topological polar surface area (TPSA) is 263 Å². The summed E-state index contributed by atoms with van der Waals surface area (Å²) in [5, 5.41) is 21.5. The maximum Gasteiger partial charge on any atom is 0.356 e. The van der Waals surface area contributed by atoms with E-state index in [0.717, 1.165) is 21.7 Å². The van der Waals surface area contributed by atoms with Crippen LogP contribution in [0, 0.1) is 18.2 Å². The van der Waals surface area contributed by atoms with Crippen LogP contribution in [0.15, 0.2) is 96.8 Å². The number of aromatic nitrogens is 5. The number of halogens is 3. The minimum atomic E-state index is -5.11. The number of esters is 1. The van der Waals surface area contributed by atoms with Crippen molar-refractivity contribution in [1.29, 1.82) is 0 Å². The highest BCUT2D eigenvalue weighted by Gasteiger charge is 2.44. The predicted molar refractivity (Wildman–Crippen MR) is 291 cm³/mol. The Kier molecular flexibility index (Phi) is 17.4. The third kappa shape index (κ3) is 13.3. The Balaban J connectivity index is 0.863. The van der Waals surface area contributed by atoms with Gasteiger partial charge in [0.1, 0.15) is 47.0 Å². The molecule has 1 aliphatic rings. The number of anilines is 2. The Bertz CT molecular complexity index is 3480. The van der Waals surface area contributed by atoms with Gasteiger partial charge in [-0.15, -0.1) is 11.3 Å². The number of hydrogen-bond acceptors (Lipinski definition) is 15. The smallest absolute Gasteiger partial charge is 0.356 e. The van der Waals surface area contributed by atoms with Crippen LogP contribution in [0.1, 0.15) is 86.8 Å². The van der Waals surface area contributed by atoms with E-state index in [4.69, 9.17) is 20.3 Å². The van der Waals surface area contributed by atoms with Crippen LogP contribution in [-0.4, -0.2) is 104 Å². The number of ether oxygens (including phenoxy) is 2. The fourth-order valence-electron chi connectivity index (χ4n) is 9.10. The van der Waals surface area contributed by atoms with E-state index >= 15 is 0 Å². The molecular weight excluding hydrogens is 1070 g/mol. The lowest BCUT2D eigenvalue weighted by Crippen LogP contribution is -2.57. The lowest BCUT2D eigenvalue weighted by atomic mass is 9.85. The van der Waals surface area contributed by atoms with E-state index in [9.17, 15) is 45.9 Å². The number of nitrogens with one attached hydrogen (secondary N) is 3. The quantitative estimate of drug-likeness (QED) is 0.0357. The van der Waals surface area contributed by atoms with E-state index in [1.165, 1.54) is 65.8 Å². The van der Waals surface area contributed by atoms with Crippen molar-refractivity contribution in [3.05, 3.63) is 125 Å². The lowest BCUT2D eigenvalue weighted by molar-refractivity contribution is -0.144. The highest BCUT2D eigenvalue weighted by Crippen LogP contribution is 2.41. The number of aliphatic hydroxyl groups excluding tert-OH is 1. The number of nitrogens with two attached hydrogens (primary N) is 1. The number of aliphatic hydroxyl groups is 1. The number of likely N-dealkylation sites (tertiary alicyclic amines) is 1. The number of nitrogens with zero attached hydrogens (tertiary/aromatic N) is 6. The number of unbranched alkanes of at least 4 members (excludes halogenated alkanes) is 1. The first-order chi connectivity index (χ1) is 37.5. The van der Waals surface area contributed by atoms with Gasteiger partial charge in [-0.2, -0.15) is 13.9 Å². The molecule has 19 nitrogen and oxygen atoms in total. The molecule has 3 amide bonds. The van der Waals surface area contributed by atoms with Gasteiger partial charge in [0.15, 0.2) is 0 Å². The molecule has 4 aromatic heterocycles. The van der Waals surface area contributed by atoms with E-state index < -0.39 is 75.0 Å². The van der Waals surface area contributed by atoms with Crippen LogP contribution in [0.25, 0.3) is 43.7 Å². The van der Waals surface area contributed by atoms with Crippen LogP contribution >= 0.6 is 11.3 Å². The normalized spacial score (nSPS) is 15.5. The number of aryl methyl sites for hydroxylation is 2. The van der Waals surface area contributed by atoms with Gasteiger partial charge in [0.05, 0.1) is 45.4 Å². The molecule has 1 saturated heterocycles. The molecule has 7 aromatic rings. The van der Waals surface area contributed by atoms with Crippen molar-refractivity contribution in [2.45, 2.75) is 96.9 Å². The summed E-state index contributed by atoms with van der Waals surface area (Å²) in [5.41, 5.74) is 12.7. The third-order valence-electron chi connectivity index (χ3n) is 13.3. The Morgan fingerprint density at radius 3 is 2.30 bits per heavy atom. The molecule has 6 N–H and O–H groups in total. The van der Waals surface area contributed by atoms with Crippen molar-refractivity contribution in [2.75, 3.05) is 23.6 Å². The second-order valence-corrected chi connectivity index (χ2v) is 22.7. The van der Waals surface area contributed by atoms with Crippen molar-refractivity contribution in [2.24, 2.45) is 12.5 Å². The summed E-state index contributed by atoms with van der Waals surface area (Å²) in [7, 11) is -3.45. The molecule has 0 bridgehead atoms. The number of alkyl halides is 2. The second-order valence-electron chi connectivity index (χ2n) is 20.2. The summed E-state index contributed by atoms with van der Waals surface area (Å²) < 4.78 is 80.2. The summed E-state index contributed by atoms with van der Waals surface area (Å²) in [6, 6.07) is 18.4. The van der Waals surface area contributed by atoms with Gasteiger partial charge in [-0.3, -0.25) is 23.8 Å². The molecule has 416 valence electrons. The molecule has 1 aliphatic heterocycles. The Labute approximate surface area is 457 Å². The summed E-state index contributed by atoms with van der Waals surface area (Å²) in [5.74, 6) is -6.31. The van der Waals surface area contributed by atoms with Crippen LogP contribution < -0.4 is 25.8 Å². The summed E-state index contributed by atoms with van der Waals surface area (Å²) in [4.78, 5) is 69.5. The summed E-state index contributed by atoms with van der Waals surface area (Å²) in [6.07, 6.45) is 1.93. The molecule has 0 spiro atoms. The Morgan fingerprint density at radius 2 is 1.65 bits per heavy atom. The average Bonchev–Trinajstić information content (AvgIpc) is 4.37. The van der Waals surface area contributed by atoms with Crippen LogP contribution in [0.5, 0.6) is 5.75 Å². The molecule has 8 rings (SSSR count). The molecule has 4 atom stereocenters. The van der Waals surface area contributed by atoms with Crippen molar-refractivity contribution >= 4 is 67.5 Å². The summed E-state index contributed by atoms with van der Waals surface area (Å²) >= 11 is 1.55. The zero-order valence-corrected chi connectivity index (χ0v) is 45.6. The molecule has 0 aliphatic carbocycles. The minimum absolute atomic E-state index is 0.00107. The number of pyridine rings is 2. The Morgan fingerprint density at radius 1 is 0.937 bits per heavy atom. The number of benzene rings is 3. The van der Waals surface area contributed by atoms with Gasteiger partial charge in [0, 0.05) is 62.1 Å². The van der Waals surface area contributed by atoms with Gasteiger partial charge in [-0.05, 0) is 79.1 Å². The number of fused-ring (bicyclic) bond motifs is 1. The number of carbonyl (C=O) groups excluding carboxylic acids is 4. The highest BCUT2D eigenvalue weighted by atomic mass is 32.2. The summed E-state index contributed by atoms with van der Waals surface area (Å²) in [6.45, 7) is 9.08. The SMILES string of the molecule is Cc1ncsc1-c1ccc(CNC(=O)C2C[C@@H](O)CN2C(=O)[C@@H](NC(=O)CCCCOC(=O)c2ccc(-c3cnc(N)c4c(-c5ccc(NS(=O)(=O)C(F)F)c(O[C@@H](C)c6ccc(F)cc6)c5)nn(C)c34)cn2)C(C)(C)C)cc1. The number of thiazole rings is 1. The molecule has 1 fully saturated rings. The van der Waals surface area contributed by atoms with Crippen LogP contribution in [0.3, 0.4) is 0 Å². The number of rotatable bonds is 20. The van der Waals surface area contributed by atoms with E-state index in [1.54, 1.807) is 62.3 Å². The standard InChI is InChI=1S/C55H59F3N10O9S2/c1-30-48(78-29-63-30)34-12-10-32(11-13-34)25-62-51(71)42-24-38(69)28-68(42)52(72)49(55(3,4)5)64-44(70)9-7-8-22-76-53(73)41-21-17-36(26-60-41)39-27-61-50(59)45-46(65-67(6)47(39)45)35-16-20-40(66-79(74,75)54(57)58)43(23-35)77-31(2)33-14-18-37(56)19-15-33/h10-21,23,26-27,29,31,38,42,49,54,66,69H,7-9,22,24-25,28H2,1-6H3,(H2,59,61)(H,62,71)(H,64,70)/t31-,38+,42?,49+/m0/s1. The minimum Gasteiger partial charge on any atom is -0.484 e. The first kappa shape index (κ1) is 57.2. The van der Waals surface area contributed by atoms with Crippen LogP contribution in [0.4, 0.5) is 24.7 Å². The van der Waals surface area contributed by atoms with Gasteiger partial charge < -0.3 is 35.8 Å². The predicted octanol–water partition coefficient (Wildman–Crippen LogP) is 8.09. The molecule has 5 heterocycles. The fraction of sp³-hybridized carbons (Fsp3) is 0.345. The van der Waals surface area contributed by atoms with Crippen LogP contribution in [-0.2, 0) is 42.7 Å². The monoisotopic (exact) mass is 1120 g/mol.